The Morgan fingerprint density at radius 1 is 1.18 bits per heavy atom. The first-order valence-electron chi connectivity index (χ1n) is 5.63. The van der Waals surface area contributed by atoms with E-state index in [0.29, 0.717) is 17.6 Å². The van der Waals surface area contributed by atoms with Crippen molar-refractivity contribution in [3.63, 3.8) is 0 Å². The van der Waals surface area contributed by atoms with E-state index in [1.807, 2.05) is 13.8 Å². The van der Waals surface area contributed by atoms with Crippen LogP contribution in [-0.4, -0.2) is 17.9 Å². The molecule has 17 heavy (non-hydrogen) atoms. The number of rotatable bonds is 6. The average molecular weight is 238 g/mol. The van der Waals surface area contributed by atoms with Crippen LogP contribution < -0.4 is 0 Å². The summed E-state index contributed by atoms with van der Waals surface area (Å²) in [6, 6.07) is 0. The van der Waals surface area contributed by atoms with Crippen molar-refractivity contribution in [2.75, 3.05) is 0 Å². The lowest BCUT2D eigenvalue weighted by Crippen LogP contribution is -2.33. The maximum atomic E-state index is 11.6. The summed E-state index contributed by atoms with van der Waals surface area (Å²) in [5.74, 6) is -0.429. The van der Waals surface area contributed by atoms with Gasteiger partial charge in [0.05, 0.1) is 0 Å². The van der Waals surface area contributed by atoms with Gasteiger partial charge in [-0.15, -0.1) is 0 Å². The van der Waals surface area contributed by atoms with Gasteiger partial charge in [0.25, 0.3) is 0 Å². The molecule has 0 radical (unpaired) electrons. The zero-order valence-corrected chi connectivity index (χ0v) is 11.4. The molecule has 0 heterocycles. The Hall–Kier alpha value is -1.38. The standard InChI is InChI=1S/C14H22O3/c1-9(2)12(15)8-14(6,7)11(5)17-13(16)10(3)4/h11H,1,3,8H2,2,4-7H3. The maximum Gasteiger partial charge on any atom is 0.333 e. The van der Waals surface area contributed by atoms with E-state index in [4.69, 9.17) is 4.74 Å². The van der Waals surface area contributed by atoms with Crippen molar-refractivity contribution in [1.29, 1.82) is 0 Å². The predicted octanol–water partition coefficient (Wildman–Crippen LogP) is 3.06. The maximum absolute atomic E-state index is 11.6. The van der Waals surface area contributed by atoms with Gasteiger partial charge in [0.2, 0.25) is 0 Å². The number of hydrogen-bond acceptors (Lipinski definition) is 3. The summed E-state index contributed by atoms with van der Waals surface area (Å²) >= 11 is 0. The summed E-state index contributed by atoms with van der Waals surface area (Å²) in [5.41, 5.74) is 0.469. The highest BCUT2D eigenvalue weighted by atomic mass is 16.5. The number of hydrogen-bond donors (Lipinski definition) is 0. The highest BCUT2D eigenvalue weighted by molar-refractivity contribution is 5.94. The molecule has 0 amide bonds. The number of esters is 1. The molecule has 1 atom stereocenters. The average Bonchev–Trinajstić information content (AvgIpc) is 2.16. The fourth-order valence-corrected chi connectivity index (χ4v) is 1.13. The van der Waals surface area contributed by atoms with E-state index in [1.165, 1.54) is 0 Å². The van der Waals surface area contributed by atoms with Gasteiger partial charge in [-0.2, -0.15) is 0 Å². The van der Waals surface area contributed by atoms with Crippen LogP contribution in [0.3, 0.4) is 0 Å². The van der Waals surface area contributed by atoms with Crippen LogP contribution in [0.1, 0.15) is 41.0 Å². The molecule has 3 nitrogen and oxygen atoms in total. The number of Topliss-reactive ketones (excluding diaryl/α,β-unsaturated/α-hetero) is 1. The van der Waals surface area contributed by atoms with Crippen LogP contribution in [0.4, 0.5) is 0 Å². The van der Waals surface area contributed by atoms with Crippen LogP contribution in [0.2, 0.25) is 0 Å². The molecule has 0 spiro atoms. The Morgan fingerprint density at radius 3 is 2.00 bits per heavy atom. The quantitative estimate of drug-likeness (QED) is 0.527. The highest BCUT2D eigenvalue weighted by Crippen LogP contribution is 2.29. The monoisotopic (exact) mass is 238 g/mol. The van der Waals surface area contributed by atoms with E-state index in [9.17, 15) is 9.59 Å². The van der Waals surface area contributed by atoms with Gasteiger partial charge in [-0.25, -0.2) is 4.79 Å². The topological polar surface area (TPSA) is 43.4 Å². The molecule has 1 unspecified atom stereocenters. The molecule has 0 fully saturated rings. The predicted molar refractivity (Wildman–Crippen MR) is 68.6 cm³/mol. The van der Waals surface area contributed by atoms with Gasteiger partial charge >= 0.3 is 5.97 Å². The molecule has 0 saturated heterocycles. The summed E-state index contributed by atoms with van der Waals surface area (Å²) in [6.45, 7) is 16.0. The molecular formula is C14H22O3. The van der Waals surface area contributed by atoms with Crippen molar-refractivity contribution in [3.05, 3.63) is 24.3 Å². The smallest absolute Gasteiger partial charge is 0.333 e. The van der Waals surface area contributed by atoms with Gasteiger partial charge < -0.3 is 4.74 Å². The van der Waals surface area contributed by atoms with E-state index in [2.05, 4.69) is 13.2 Å². The fourth-order valence-electron chi connectivity index (χ4n) is 1.13. The summed E-state index contributed by atoms with van der Waals surface area (Å²) in [4.78, 5) is 23.0. The Balaban J connectivity index is 4.60. The van der Waals surface area contributed by atoms with Crippen LogP contribution in [0.5, 0.6) is 0 Å². The zero-order chi connectivity index (χ0) is 13.8. The molecule has 0 aromatic rings. The van der Waals surface area contributed by atoms with Crippen LogP contribution in [0.15, 0.2) is 24.3 Å². The summed E-state index contributed by atoms with van der Waals surface area (Å²) in [6.07, 6.45) is -0.0394. The normalized spacial score (nSPS) is 12.8. The SMILES string of the molecule is C=C(C)C(=O)CC(C)(C)C(C)OC(=O)C(=C)C. The number of carbonyl (C=O) groups excluding carboxylic acids is 2. The van der Waals surface area contributed by atoms with E-state index >= 15 is 0 Å². The van der Waals surface area contributed by atoms with Gasteiger partial charge in [0, 0.05) is 17.4 Å². The van der Waals surface area contributed by atoms with Gasteiger partial charge in [0.1, 0.15) is 6.10 Å². The number of ketones is 1. The second kappa shape index (κ2) is 5.80. The first-order valence-corrected chi connectivity index (χ1v) is 5.63. The molecule has 0 bridgehead atoms. The zero-order valence-electron chi connectivity index (χ0n) is 11.4. The van der Waals surface area contributed by atoms with E-state index in [-0.39, 0.29) is 11.9 Å². The van der Waals surface area contributed by atoms with Crippen LogP contribution in [0, 0.1) is 5.41 Å². The van der Waals surface area contributed by atoms with Crippen molar-refractivity contribution in [2.45, 2.75) is 47.1 Å². The van der Waals surface area contributed by atoms with Crippen molar-refractivity contribution in [2.24, 2.45) is 5.41 Å². The third kappa shape index (κ3) is 4.98. The first kappa shape index (κ1) is 15.6. The molecule has 0 saturated carbocycles. The Kier molecular flexibility index (Phi) is 5.33. The van der Waals surface area contributed by atoms with Crippen LogP contribution in [0.25, 0.3) is 0 Å². The molecule has 0 rings (SSSR count). The Labute approximate surface area is 104 Å². The van der Waals surface area contributed by atoms with Crippen LogP contribution in [-0.2, 0) is 14.3 Å². The van der Waals surface area contributed by atoms with Gasteiger partial charge in [-0.1, -0.05) is 27.0 Å². The van der Waals surface area contributed by atoms with E-state index in [1.54, 1.807) is 20.8 Å². The van der Waals surface area contributed by atoms with Crippen LogP contribution >= 0.6 is 0 Å². The number of ether oxygens (including phenoxy) is 1. The largest absolute Gasteiger partial charge is 0.459 e. The molecule has 96 valence electrons. The lowest BCUT2D eigenvalue weighted by atomic mass is 9.81. The summed E-state index contributed by atoms with van der Waals surface area (Å²) < 4.78 is 5.24. The van der Waals surface area contributed by atoms with Gasteiger partial charge in [-0.05, 0) is 26.3 Å². The minimum Gasteiger partial charge on any atom is -0.459 e. The van der Waals surface area contributed by atoms with Crippen molar-refractivity contribution >= 4 is 11.8 Å². The fraction of sp³-hybridized carbons (Fsp3) is 0.571. The van der Waals surface area contributed by atoms with E-state index < -0.39 is 11.4 Å². The third-order valence-corrected chi connectivity index (χ3v) is 2.82. The highest BCUT2D eigenvalue weighted by Gasteiger charge is 2.31. The minimum atomic E-state index is -0.423. The minimum absolute atomic E-state index is 0.00627. The molecule has 0 aliphatic carbocycles. The summed E-state index contributed by atoms with van der Waals surface area (Å²) in [5, 5.41) is 0. The Bertz CT molecular complexity index is 350. The van der Waals surface area contributed by atoms with Crippen molar-refractivity contribution in [3.8, 4) is 0 Å². The Morgan fingerprint density at radius 2 is 1.65 bits per heavy atom. The number of allylic oxidation sites excluding steroid dienone is 1. The molecule has 3 heteroatoms. The van der Waals surface area contributed by atoms with Crippen molar-refractivity contribution in [1.82, 2.24) is 0 Å². The third-order valence-electron chi connectivity index (χ3n) is 2.82. The molecule has 0 aromatic carbocycles. The molecule has 0 aliphatic heterocycles. The first-order chi connectivity index (χ1) is 7.58. The lowest BCUT2D eigenvalue weighted by Gasteiger charge is -2.30. The second-order valence-corrected chi connectivity index (χ2v) is 5.20. The second-order valence-electron chi connectivity index (χ2n) is 5.20. The van der Waals surface area contributed by atoms with Gasteiger partial charge in [0.15, 0.2) is 5.78 Å². The summed E-state index contributed by atoms with van der Waals surface area (Å²) in [7, 11) is 0. The molecular weight excluding hydrogens is 216 g/mol. The van der Waals surface area contributed by atoms with Gasteiger partial charge in [-0.3, -0.25) is 4.79 Å². The van der Waals surface area contributed by atoms with Crippen molar-refractivity contribution < 1.29 is 14.3 Å². The van der Waals surface area contributed by atoms with E-state index in [0.717, 1.165) is 0 Å². The number of carbonyl (C=O) groups is 2. The molecule has 0 aliphatic rings. The molecule has 0 aromatic heterocycles. The lowest BCUT2D eigenvalue weighted by molar-refractivity contribution is -0.150. The molecule has 0 N–H and O–H groups in total.